The molecule has 3 rings (SSSR count). The Balaban J connectivity index is 1.96. The zero-order valence-electron chi connectivity index (χ0n) is 15.2. The summed E-state index contributed by atoms with van der Waals surface area (Å²) in [6.07, 6.45) is 1.26. The van der Waals surface area contributed by atoms with Crippen molar-refractivity contribution in [2.45, 2.75) is 6.54 Å². The number of hydrogen-bond acceptors (Lipinski definition) is 6. The number of hydrogen-bond donors (Lipinski definition) is 1. The highest BCUT2D eigenvalue weighted by molar-refractivity contribution is 6.14. The maximum Gasteiger partial charge on any atom is 0.329 e. The fraction of sp³-hybridized carbons (Fsp3) is 0.158. The van der Waals surface area contributed by atoms with Crippen molar-refractivity contribution in [1.29, 1.82) is 0 Å². The normalized spacial score (nSPS) is 14.9. The molecule has 0 unspecified atom stereocenters. The van der Waals surface area contributed by atoms with Crippen molar-refractivity contribution in [3.63, 3.8) is 0 Å². The van der Waals surface area contributed by atoms with E-state index < -0.39 is 16.9 Å². The van der Waals surface area contributed by atoms with Gasteiger partial charge in [0, 0.05) is 0 Å². The number of rotatable bonds is 6. The van der Waals surface area contributed by atoms with Gasteiger partial charge in [-0.2, -0.15) is 0 Å². The molecule has 0 spiro atoms. The third-order valence-electron chi connectivity index (χ3n) is 4.18. The summed E-state index contributed by atoms with van der Waals surface area (Å²) < 4.78 is 10.2. The number of amides is 3. The Kier molecular flexibility index (Phi) is 5.25. The molecule has 144 valence electrons. The van der Waals surface area contributed by atoms with Crippen LogP contribution in [-0.2, 0) is 11.3 Å². The lowest BCUT2D eigenvalue weighted by Crippen LogP contribution is -2.30. The Morgan fingerprint density at radius 1 is 1.11 bits per heavy atom. The molecule has 1 aliphatic heterocycles. The predicted octanol–water partition coefficient (Wildman–Crippen LogP) is 2.70. The molecule has 0 aromatic heterocycles. The zero-order chi connectivity index (χ0) is 20.3. The molecule has 2 aromatic rings. The second-order valence-corrected chi connectivity index (χ2v) is 5.89. The highest BCUT2D eigenvalue weighted by atomic mass is 16.6. The van der Waals surface area contributed by atoms with E-state index in [0.717, 1.165) is 10.5 Å². The van der Waals surface area contributed by atoms with Gasteiger partial charge < -0.3 is 14.8 Å². The Bertz CT molecular complexity index is 971. The number of carbonyl (C=O) groups excluding carboxylic acids is 2. The third-order valence-corrected chi connectivity index (χ3v) is 4.18. The summed E-state index contributed by atoms with van der Waals surface area (Å²) in [5, 5.41) is 13.9. The van der Waals surface area contributed by atoms with Crippen molar-refractivity contribution in [1.82, 2.24) is 10.2 Å². The van der Waals surface area contributed by atoms with E-state index in [9.17, 15) is 19.7 Å². The van der Waals surface area contributed by atoms with E-state index in [1.165, 1.54) is 32.4 Å². The first kappa shape index (κ1) is 18.9. The minimum absolute atomic E-state index is 0.0590. The summed E-state index contributed by atoms with van der Waals surface area (Å²) >= 11 is 0. The van der Waals surface area contributed by atoms with Crippen LogP contribution in [0.15, 0.2) is 48.2 Å². The molecule has 1 N–H and O–H groups in total. The van der Waals surface area contributed by atoms with E-state index in [4.69, 9.17) is 9.47 Å². The van der Waals surface area contributed by atoms with E-state index in [1.54, 1.807) is 24.3 Å². The monoisotopic (exact) mass is 383 g/mol. The summed E-state index contributed by atoms with van der Waals surface area (Å²) in [6.45, 7) is 0.0941. The summed E-state index contributed by atoms with van der Waals surface area (Å²) in [6, 6.07) is 11.0. The van der Waals surface area contributed by atoms with Crippen LogP contribution in [0.2, 0.25) is 0 Å². The summed E-state index contributed by atoms with van der Waals surface area (Å²) in [5.74, 6) is -0.125. The van der Waals surface area contributed by atoms with Crippen LogP contribution in [0.1, 0.15) is 11.1 Å². The largest absolute Gasteiger partial charge is 0.493 e. The second-order valence-electron chi connectivity index (χ2n) is 5.89. The minimum Gasteiger partial charge on any atom is -0.493 e. The molecule has 28 heavy (non-hydrogen) atoms. The average molecular weight is 383 g/mol. The third kappa shape index (κ3) is 3.63. The quantitative estimate of drug-likeness (QED) is 0.355. The molecule has 1 heterocycles. The lowest BCUT2D eigenvalue weighted by Gasteiger charge is -2.11. The van der Waals surface area contributed by atoms with E-state index in [1.807, 2.05) is 6.07 Å². The van der Waals surface area contributed by atoms with Crippen LogP contribution in [-0.4, -0.2) is 36.0 Å². The van der Waals surface area contributed by atoms with Gasteiger partial charge in [-0.1, -0.05) is 30.3 Å². The van der Waals surface area contributed by atoms with Crippen LogP contribution in [0.3, 0.4) is 0 Å². The lowest BCUT2D eigenvalue weighted by atomic mass is 10.1. The van der Waals surface area contributed by atoms with Gasteiger partial charge in [-0.15, -0.1) is 0 Å². The van der Waals surface area contributed by atoms with Crippen LogP contribution in [0.25, 0.3) is 6.08 Å². The number of benzene rings is 2. The number of methoxy groups -OCH3 is 2. The highest BCUT2D eigenvalue weighted by Gasteiger charge is 2.34. The molecule has 0 bridgehead atoms. The van der Waals surface area contributed by atoms with Gasteiger partial charge in [0.1, 0.15) is 5.70 Å². The standard InChI is InChI=1S/C19H17N3O6/c1-27-16-9-13(15(22(25)26)10-17(16)28-2)8-14-18(23)21(19(24)20-14)11-12-6-4-3-5-7-12/h3-10H,11H2,1-2H3,(H,20,24)/b14-8+. The number of nitrogens with one attached hydrogen (secondary N) is 1. The van der Waals surface area contributed by atoms with E-state index in [2.05, 4.69) is 5.32 Å². The molecule has 9 heteroatoms. The zero-order valence-corrected chi connectivity index (χ0v) is 15.2. The van der Waals surface area contributed by atoms with Gasteiger partial charge in [0.15, 0.2) is 11.5 Å². The summed E-state index contributed by atoms with van der Waals surface area (Å²) in [4.78, 5) is 36.7. The molecule has 0 radical (unpaired) electrons. The Morgan fingerprint density at radius 3 is 2.36 bits per heavy atom. The number of nitrogens with zero attached hydrogens (tertiary/aromatic N) is 2. The molecular weight excluding hydrogens is 366 g/mol. The van der Waals surface area contributed by atoms with Gasteiger partial charge in [-0.25, -0.2) is 4.79 Å². The Hall–Kier alpha value is -3.88. The summed E-state index contributed by atoms with van der Waals surface area (Å²) in [7, 11) is 2.76. The number of carbonyl (C=O) groups is 2. The molecule has 1 fully saturated rings. The van der Waals surface area contributed by atoms with Crippen LogP contribution in [0.4, 0.5) is 10.5 Å². The second kappa shape index (κ2) is 7.78. The molecule has 0 atom stereocenters. The SMILES string of the molecule is COc1cc(/C=C2/NC(=O)N(Cc3ccccc3)C2=O)c([N+](=O)[O-])cc1OC. The fourth-order valence-corrected chi connectivity index (χ4v) is 2.79. The lowest BCUT2D eigenvalue weighted by molar-refractivity contribution is -0.385. The van der Waals surface area contributed by atoms with Crippen LogP contribution in [0, 0.1) is 10.1 Å². The highest BCUT2D eigenvalue weighted by Crippen LogP contribution is 2.35. The van der Waals surface area contributed by atoms with Crippen molar-refractivity contribution in [3.8, 4) is 11.5 Å². The van der Waals surface area contributed by atoms with Crippen LogP contribution >= 0.6 is 0 Å². The van der Waals surface area contributed by atoms with Crippen molar-refractivity contribution in [2.24, 2.45) is 0 Å². The van der Waals surface area contributed by atoms with Gasteiger partial charge >= 0.3 is 6.03 Å². The number of nitro groups is 1. The molecule has 1 saturated heterocycles. The molecule has 9 nitrogen and oxygen atoms in total. The van der Waals surface area contributed by atoms with Gasteiger partial charge in [-0.3, -0.25) is 19.8 Å². The van der Waals surface area contributed by atoms with Gasteiger partial charge in [0.25, 0.3) is 11.6 Å². The maximum atomic E-state index is 12.6. The smallest absolute Gasteiger partial charge is 0.329 e. The van der Waals surface area contributed by atoms with Crippen molar-refractivity contribution < 1.29 is 24.0 Å². The first-order valence-corrected chi connectivity index (χ1v) is 8.23. The molecule has 3 amide bonds. The van der Waals surface area contributed by atoms with Gasteiger partial charge in [0.2, 0.25) is 0 Å². The van der Waals surface area contributed by atoms with E-state index in [-0.39, 0.29) is 35.0 Å². The number of imide groups is 1. The van der Waals surface area contributed by atoms with Gasteiger partial charge in [-0.05, 0) is 17.7 Å². The number of urea groups is 1. The Morgan fingerprint density at radius 2 is 1.75 bits per heavy atom. The van der Waals surface area contributed by atoms with E-state index in [0.29, 0.717) is 0 Å². The first-order chi connectivity index (χ1) is 13.4. The van der Waals surface area contributed by atoms with Crippen LogP contribution in [0.5, 0.6) is 11.5 Å². The Labute approximate surface area is 160 Å². The van der Waals surface area contributed by atoms with E-state index >= 15 is 0 Å². The first-order valence-electron chi connectivity index (χ1n) is 8.23. The summed E-state index contributed by atoms with van der Waals surface area (Å²) in [5.41, 5.74) is 0.544. The van der Waals surface area contributed by atoms with Gasteiger partial charge in [0.05, 0.1) is 37.3 Å². The molecular formula is C19H17N3O6. The van der Waals surface area contributed by atoms with Crippen molar-refractivity contribution >= 4 is 23.7 Å². The predicted molar refractivity (Wildman–Crippen MR) is 99.7 cm³/mol. The average Bonchev–Trinajstić information content (AvgIpc) is 2.95. The number of ether oxygens (including phenoxy) is 2. The molecule has 1 aliphatic rings. The minimum atomic E-state index is -0.600. The topological polar surface area (TPSA) is 111 Å². The van der Waals surface area contributed by atoms with Crippen molar-refractivity contribution in [3.05, 3.63) is 69.4 Å². The number of nitro benzene ring substituents is 1. The van der Waals surface area contributed by atoms with Crippen molar-refractivity contribution in [2.75, 3.05) is 14.2 Å². The maximum absolute atomic E-state index is 12.6. The fourth-order valence-electron chi connectivity index (χ4n) is 2.79. The molecule has 2 aromatic carbocycles. The molecule has 0 saturated carbocycles. The van der Waals surface area contributed by atoms with Crippen LogP contribution < -0.4 is 14.8 Å². The molecule has 0 aliphatic carbocycles.